The Bertz CT molecular complexity index is 2940. The normalized spacial score (nSPS) is 11.5. The Morgan fingerprint density at radius 3 is 1.69 bits per heavy atom. The largest absolute Gasteiger partial charge is 0.228 e. The quantitative estimate of drug-likeness (QED) is 0.136. The summed E-state index contributed by atoms with van der Waals surface area (Å²) in [6.07, 6.45) is 0. The molecule has 1 aromatic heterocycles. The molecule has 0 saturated heterocycles. The SMILES string of the molecule is c1ccc(-c2cccc(-c3cc(-c4cccc5ccccc45)nc(-c4ccc(-c5c6ccccc6cc6c5ccc5ccccc56)cc4)n3)c2)cc1. The van der Waals surface area contributed by atoms with E-state index >= 15 is 0 Å². The number of fused-ring (bicyclic) bond motifs is 5. The van der Waals surface area contributed by atoms with Gasteiger partial charge in [-0.25, -0.2) is 9.97 Å². The Labute approximate surface area is 302 Å². The first-order valence-electron chi connectivity index (χ1n) is 17.7. The van der Waals surface area contributed by atoms with E-state index in [0.29, 0.717) is 5.82 Å². The lowest BCUT2D eigenvalue weighted by Crippen LogP contribution is -1.97. The summed E-state index contributed by atoms with van der Waals surface area (Å²) in [6.45, 7) is 0. The van der Waals surface area contributed by atoms with E-state index in [9.17, 15) is 0 Å². The van der Waals surface area contributed by atoms with Gasteiger partial charge < -0.3 is 0 Å². The zero-order valence-electron chi connectivity index (χ0n) is 28.4. The Morgan fingerprint density at radius 1 is 0.269 bits per heavy atom. The molecule has 0 aliphatic rings. The molecular formula is C50H32N2. The van der Waals surface area contributed by atoms with Gasteiger partial charge >= 0.3 is 0 Å². The predicted octanol–water partition coefficient (Wildman–Crippen LogP) is 13.4. The van der Waals surface area contributed by atoms with E-state index in [-0.39, 0.29) is 0 Å². The van der Waals surface area contributed by atoms with E-state index in [2.05, 4.69) is 194 Å². The molecule has 0 aliphatic carbocycles. The maximum Gasteiger partial charge on any atom is 0.160 e. The molecule has 0 amide bonds. The molecule has 0 bridgehead atoms. The van der Waals surface area contributed by atoms with Crippen molar-refractivity contribution in [2.75, 3.05) is 0 Å². The molecule has 0 radical (unpaired) electrons. The molecule has 10 rings (SSSR count). The summed E-state index contributed by atoms with van der Waals surface area (Å²) in [5.74, 6) is 0.700. The zero-order valence-corrected chi connectivity index (χ0v) is 28.4. The fraction of sp³-hybridized carbons (Fsp3) is 0. The molecule has 0 spiro atoms. The van der Waals surface area contributed by atoms with Crippen molar-refractivity contribution in [3.8, 4) is 56.2 Å². The third kappa shape index (κ3) is 5.21. The highest BCUT2D eigenvalue weighted by molar-refractivity contribution is 6.20. The van der Waals surface area contributed by atoms with Crippen molar-refractivity contribution >= 4 is 43.1 Å². The third-order valence-electron chi connectivity index (χ3n) is 10.3. The van der Waals surface area contributed by atoms with Crippen LogP contribution < -0.4 is 0 Å². The minimum absolute atomic E-state index is 0.700. The van der Waals surface area contributed by atoms with Crippen molar-refractivity contribution in [1.82, 2.24) is 9.97 Å². The number of hydrogen-bond donors (Lipinski definition) is 0. The van der Waals surface area contributed by atoms with Crippen molar-refractivity contribution in [2.24, 2.45) is 0 Å². The molecule has 0 atom stereocenters. The monoisotopic (exact) mass is 660 g/mol. The van der Waals surface area contributed by atoms with Gasteiger partial charge in [-0.05, 0) is 83.5 Å². The van der Waals surface area contributed by atoms with Crippen LogP contribution in [0.1, 0.15) is 0 Å². The number of aromatic nitrogens is 2. The van der Waals surface area contributed by atoms with E-state index in [1.807, 2.05) is 0 Å². The standard InChI is InChI=1S/C50H32N2/c1-2-12-33(13-3-1)38-18-10-19-40(30-38)47-32-48(44-23-11-17-34-14-4-7-20-41(34)44)52-50(51-47)37-26-24-36(25-27-37)49-43-22-9-6-16-39(43)31-46-42-21-8-5-15-35(42)28-29-45(46)49/h1-32H. The second-order valence-electron chi connectivity index (χ2n) is 13.4. The first kappa shape index (κ1) is 30.0. The fourth-order valence-corrected chi connectivity index (χ4v) is 7.72. The van der Waals surface area contributed by atoms with Crippen LogP contribution in [-0.4, -0.2) is 9.97 Å². The van der Waals surface area contributed by atoms with Crippen LogP contribution in [0.5, 0.6) is 0 Å². The molecule has 0 aliphatic heterocycles. The molecule has 52 heavy (non-hydrogen) atoms. The van der Waals surface area contributed by atoms with Gasteiger partial charge in [0.2, 0.25) is 0 Å². The smallest absolute Gasteiger partial charge is 0.160 e. The zero-order chi connectivity index (χ0) is 34.4. The molecule has 1 heterocycles. The minimum Gasteiger partial charge on any atom is -0.228 e. The van der Waals surface area contributed by atoms with E-state index in [0.717, 1.165) is 33.6 Å². The third-order valence-corrected chi connectivity index (χ3v) is 10.3. The molecule has 242 valence electrons. The van der Waals surface area contributed by atoms with Gasteiger partial charge in [0.05, 0.1) is 11.4 Å². The van der Waals surface area contributed by atoms with Crippen molar-refractivity contribution in [3.63, 3.8) is 0 Å². The summed E-state index contributed by atoms with van der Waals surface area (Å²) < 4.78 is 0. The van der Waals surface area contributed by atoms with Crippen molar-refractivity contribution in [3.05, 3.63) is 194 Å². The summed E-state index contributed by atoms with van der Waals surface area (Å²) in [5.41, 5.74) is 9.66. The van der Waals surface area contributed by atoms with Crippen LogP contribution in [0.15, 0.2) is 194 Å². The minimum atomic E-state index is 0.700. The summed E-state index contributed by atoms with van der Waals surface area (Å²) in [7, 11) is 0. The van der Waals surface area contributed by atoms with Crippen LogP contribution in [0, 0.1) is 0 Å². The van der Waals surface area contributed by atoms with Crippen molar-refractivity contribution in [1.29, 1.82) is 0 Å². The van der Waals surface area contributed by atoms with Crippen molar-refractivity contribution in [2.45, 2.75) is 0 Å². The number of benzene rings is 9. The Hall–Kier alpha value is -6.90. The first-order chi connectivity index (χ1) is 25.8. The predicted molar refractivity (Wildman–Crippen MR) is 219 cm³/mol. The maximum atomic E-state index is 5.26. The number of hydrogen-bond acceptors (Lipinski definition) is 2. The molecule has 2 heteroatoms. The average molecular weight is 661 g/mol. The van der Waals surface area contributed by atoms with Gasteiger partial charge in [-0.15, -0.1) is 0 Å². The van der Waals surface area contributed by atoms with Crippen LogP contribution in [0.3, 0.4) is 0 Å². The number of rotatable bonds is 5. The Balaban J connectivity index is 1.15. The summed E-state index contributed by atoms with van der Waals surface area (Å²) in [4.78, 5) is 10.5. The van der Waals surface area contributed by atoms with Crippen LogP contribution in [0.25, 0.3) is 99.2 Å². The molecule has 0 unspecified atom stereocenters. The van der Waals surface area contributed by atoms with Crippen LogP contribution in [-0.2, 0) is 0 Å². The van der Waals surface area contributed by atoms with E-state index in [1.54, 1.807) is 0 Å². The van der Waals surface area contributed by atoms with Crippen LogP contribution in [0.4, 0.5) is 0 Å². The van der Waals surface area contributed by atoms with Gasteiger partial charge in [0, 0.05) is 16.7 Å². The van der Waals surface area contributed by atoms with Crippen LogP contribution >= 0.6 is 0 Å². The molecule has 10 aromatic rings. The molecule has 0 fully saturated rings. The van der Waals surface area contributed by atoms with Gasteiger partial charge in [-0.2, -0.15) is 0 Å². The van der Waals surface area contributed by atoms with Gasteiger partial charge in [0.1, 0.15) is 0 Å². The molecule has 0 saturated carbocycles. The van der Waals surface area contributed by atoms with E-state index in [1.165, 1.54) is 59.8 Å². The van der Waals surface area contributed by atoms with Gasteiger partial charge in [0.25, 0.3) is 0 Å². The second kappa shape index (κ2) is 12.5. The summed E-state index contributed by atoms with van der Waals surface area (Å²) >= 11 is 0. The lowest BCUT2D eigenvalue weighted by atomic mass is 9.89. The summed E-state index contributed by atoms with van der Waals surface area (Å²) in [6, 6.07) is 69.3. The lowest BCUT2D eigenvalue weighted by Gasteiger charge is -2.15. The van der Waals surface area contributed by atoms with Gasteiger partial charge in [-0.1, -0.05) is 176 Å². The molecular weight excluding hydrogens is 629 g/mol. The maximum absolute atomic E-state index is 5.26. The molecule has 2 nitrogen and oxygen atoms in total. The highest BCUT2D eigenvalue weighted by atomic mass is 14.9. The lowest BCUT2D eigenvalue weighted by molar-refractivity contribution is 1.18. The Morgan fingerprint density at radius 2 is 0.865 bits per heavy atom. The van der Waals surface area contributed by atoms with E-state index < -0.39 is 0 Å². The van der Waals surface area contributed by atoms with Gasteiger partial charge in [-0.3, -0.25) is 0 Å². The summed E-state index contributed by atoms with van der Waals surface area (Å²) in [5, 5.41) is 9.87. The van der Waals surface area contributed by atoms with E-state index in [4.69, 9.17) is 9.97 Å². The fourth-order valence-electron chi connectivity index (χ4n) is 7.72. The van der Waals surface area contributed by atoms with Crippen LogP contribution in [0.2, 0.25) is 0 Å². The van der Waals surface area contributed by atoms with Crippen molar-refractivity contribution < 1.29 is 0 Å². The first-order valence-corrected chi connectivity index (χ1v) is 17.7. The highest BCUT2D eigenvalue weighted by Crippen LogP contribution is 2.40. The Kier molecular flexibility index (Phi) is 7.18. The molecule has 9 aromatic carbocycles. The number of nitrogens with zero attached hydrogens (tertiary/aromatic N) is 2. The average Bonchev–Trinajstić information content (AvgIpc) is 3.23. The topological polar surface area (TPSA) is 25.8 Å². The molecule has 0 N–H and O–H groups in total. The highest BCUT2D eigenvalue weighted by Gasteiger charge is 2.16. The van der Waals surface area contributed by atoms with Gasteiger partial charge in [0.15, 0.2) is 5.82 Å². The second-order valence-corrected chi connectivity index (χ2v) is 13.4.